The third-order valence-corrected chi connectivity index (χ3v) is 7.75. The molecule has 3 N–H and O–H groups in total. The molecule has 1 aliphatic heterocycles. The van der Waals surface area contributed by atoms with Crippen LogP contribution in [0.15, 0.2) is 23.5 Å². The predicted molar refractivity (Wildman–Crippen MR) is 129 cm³/mol. The molecule has 0 radical (unpaired) electrons. The number of carbonyl (C=O) groups excluding carboxylic acids is 1. The summed E-state index contributed by atoms with van der Waals surface area (Å²) in [6.45, 7) is 9.21. The van der Waals surface area contributed by atoms with Gasteiger partial charge < -0.3 is 25.1 Å². The Labute approximate surface area is 195 Å². The van der Waals surface area contributed by atoms with Crippen molar-refractivity contribution in [1.82, 2.24) is 14.5 Å². The molecule has 0 aromatic carbocycles. The van der Waals surface area contributed by atoms with Crippen molar-refractivity contribution >= 4 is 23.3 Å². The summed E-state index contributed by atoms with van der Waals surface area (Å²) in [5.41, 5.74) is 7.95. The third-order valence-electron chi connectivity index (χ3n) is 7.75. The van der Waals surface area contributed by atoms with E-state index < -0.39 is 6.09 Å². The van der Waals surface area contributed by atoms with Crippen LogP contribution in [0.25, 0.3) is 11.0 Å². The fourth-order valence-corrected chi connectivity index (χ4v) is 5.91. The van der Waals surface area contributed by atoms with Crippen molar-refractivity contribution in [2.24, 2.45) is 22.2 Å². The van der Waals surface area contributed by atoms with E-state index in [2.05, 4.69) is 40.4 Å². The first-order valence-electron chi connectivity index (χ1n) is 12.1. The van der Waals surface area contributed by atoms with Gasteiger partial charge in [0.25, 0.3) is 0 Å². The molecule has 4 rings (SSSR count). The van der Waals surface area contributed by atoms with E-state index in [0.717, 1.165) is 48.6 Å². The second kappa shape index (κ2) is 9.71. The first kappa shape index (κ1) is 23.5. The van der Waals surface area contributed by atoms with Gasteiger partial charge in [-0.2, -0.15) is 0 Å². The van der Waals surface area contributed by atoms with Gasteiger partial charge in [-0.15, -0.1) is 0 Å². The third kappa shape index (κ3) is 5.00. The van der Waals surface area contributed by atoms with Gasteiger partial charge in [0.1, 0.15) is 12.3 Å². The van der Waals surface area contributed by atoms with Gasteiger partial charge in [0, 0.05) is 42.3 Å². The Morgan fingerprint density at radius 1 is 1.21 bits per heavy atom. The minimum absolute atomic E-state index is 0.0179. The van der Waals surface area contributed by atoms with E-state index >= 15 is 0 Å². The first-order chi connectivity index (χ1) is 15.8. The average molecular weight is 456 g/mol. The maximum Gasteiger partial charge on any atom is 0.404 e. The number of nitrogens with two attached hydrogens (primary N) is 1. The normalized spacial score (nSPS) is 23.4. The van der Waals surface area contributed by atoms with E-state index in [4.69, 9.17) is 10.5 Å². The van der Waals surface area contributed by atoms with Crippen molar-refractivity contribution in [2.45, 2.75) is 78.0 Å². The molecule has 0 bridgehead atoms. The van der Waals surface area contributed by atoms with Crippen molar-refractivity contribution in [2.75, 3.05) is 13.1 Å². The Balaban J connectivity index is 1.52. The standard InChI is InChI=1S/C25H37N5O3/c1-25(2,3)17-6-8-18(9-7-17)29-13-10-19(11-14-29)30-22(16-33-24(26)31)21(15-28-32)20-5-4-12-27-23(20)30/h4-5,12,15,17-19,32H,6-11,13-14,16H2,1-3H3,(H2,26,31)/b28-15-. The Morgan fingerprint density at radius 3 is 2.52 bits per heavy atom. The number of nitrogens with zero attached hydrogens (tertiary/aromatic N) is 4. The summed E-state index contributed by atoms with van der Waals surface area (Å²) in [6.07, 6.45) is 9.54. The molecule has 180 valence electrons. The lowest BCUT2D eigenvalue weighted by atomic mass is 9.71. The molecule has 1 aliphatic carbocycles. The molecule has 3 heterocycles. The molecule has 2 aromatic heterocycles. The van der Waals surface area contributed by atoms with E-state index in [1.807, 2.05) is 12.1 Å². The molecule has 0 atom stereocenters. The van der Waals surface area contributed by atoms with Crippen LogP contribution >= 0.6 is 0 Å². The number of rotatable bonds is 5. The van der Waals surface area contributed by atoms with Gasteiger partial charge in [-0.25, -0.2) is 9.78 Å². The molecule has 1 saturated carbocycles. The number of likely N-dealkylation sites (tertiary alicyclic amines) is 1. The molecule has 2 aromatic rings. The summed E-state index contributed by atoms with van der Waals surface area (Å²) in [5, 5.41) is 13.4. The number of primary amides is 1. The number of ether oxygens (including phenoxy) is 1. The van der Waals surface area contributed by atoms with Crippen molar-refractivity contribution < 1.29 is 14.7 Å². The maximum absolute atomic E-state index is 11.3. The Kier molecular flexibility index (Phi) is 6.93. The number of oxime groups is 1. The fourth-order valence-electron chi connectivity index (χ4n) is 5.91. The van der Waals surface area contributed by atoms with Crippen LogP contribution in [0.5, 0.6) is 0 Å². The summed E-state index contributed by atoms with van der Waals surface area (Å²) in [4.78, 5) is 18.6. The van der Waals surface area contributed by atoms with Crippen LogP contribution in [0.3, 0.4) is 0 Å². The highest BCUT2D eigenvalue weighted by Crippen LogP contribution is 2.40. The van der Waals surface area contributed by atoms with Crippen molar-refractivity contribution in [3.05, 3.63) is 29.6 Å². The molecule has 8 heteroatoms. The van der Waals surface area contributed by atoms with Crippen LogP contribution in [-0.2, 0) is 11.3 Å². The molecule has 0 unspecified atom stereocenters. The second-order valence-corrected chi connectivity index (χ2v) is 10.6. The van der Waals surface area contributed by atoms with Crippen LogP contribution in [0.4, 0.5) is 4.79 Å². The van der Waals surface area contributed by atoms with E-state index in [1.54, 1.807) is 6.20 Å². The minimum Gasteiger partial charge on any atom is -0.443 e. The van der Waals surface area contributed by atoms with Crippen LogP contribution in [0, 0.1) is 11.3 Å². The van der Waals surface area contributed by atoms with Gasteiger partial charge in [-0.3, -0.25) is 0 Å². The van der Waals surface area contributed by atoms with Crippen molar-refractivity contribution in [3.63, 3.8) is 0 Å². The smallest absolute Gasteiger partial charge is 0.404 e. The number of pyridine rings is 1. The zero-order chi connectivity index (χ0) is 23.6. The fraction of sp³-hybridized carbons (Fsp3) is 0.640. The van der Waals surface area contributed by atoms with Gasteiger partial charge in [0.2, 0.25) is 0 Å². The maximum atomic E-state index is 11.3. The molecule has 0 spiro atoms. The minimum atomic E-state index is -0.827. The topological polar surface area (TPSA) is 106 Å². The average Bonchev–Trinajstić information content (AvgIpc) is 3.11. The number of hydrogen-bond donors (Lipinski definition) is 2. The molecular formula is C25H37N5O3. The highest BCUT2D eigenvalue weighted by Gasteiger charge is 2.34. The molecule has 2 fully saturated rings. The van der Waals surface area contributed by atoms with E-state index in [-0.39, 0.29) is 12.6 Å². The molecule has 8 nitrogen and oxygen atoms in total. The molecule has 1 amide bonds. The van der Waals surface area contributed by atoms with E-state index in [1.165, 1.54) is 31.9 Å². The zero-order valence-electron chi connectivity index (χ0n) is 20.0. The predicted octanol–water partition coefficient (Wildman–Crippen LogP) is 4.68. The highest BCUT2D eigenvalue weighted by atomic mass is 16.5. The Hall–Kier alpha value is -2.61. The van der Waals surface area contributed by atoms with Crippen molar-refractivity contribution in [3.8, 4) is 0 Å². The molecule has 1 saturated heterocycles. The monoisotopic (exact) mass is 455 g/mol. The van der Waals surface area contributed by atoms with Crippen molar-refractivity contribution in [1.29, 1.82) is 0 Å². The van der Waals surface area contributed by atoms with Gasteiger partial charge in [-0.05, 0) is 62.0 Å². The van der Waals surface area contributed by atoms with Gasteiger partial charge in [0.05, 0.1) is 11.9 Å². The zero-order valence-corrected chi connectivity index (χ0v) is 20.0. The lowest BCUT2D eigenvalue weighted by Crippen LogP contribution is -2.44. The Morgan fingerprint density at radius 2 is 1.91 bits per heavy atom. The van der Waals surface area contributed by atoms with Crippen LogP contribution in [0.2, 0.25) is 0 Å². The molecular weight excluding hydrogens is 418 g/mol. The Bertz CT molecular complexity index is 993. The first-order valence-corrected chi connectivity index (χ1v) is 12.1. The van der Waals surface area contributed by atoms with Gasteiger partial charge in [0.15, 0.2) is 0 Å². The number of amides is 1. The largest absolute Gasteiger partial charge is 0.443 e. The number of carbonyl (C=O) groups is 1. The van der Waals surface area contributed by atoms with Crippen LogP contribution in [-0.4, -0.2) is 51.1 Å². The lowest BCUT2D eigenvalue weighted by Gasteiger charge is -2.43. The van der Waals surface area contributed by atoms with E-state index in [9.17, 15) is 10.0 Å². The van der Waals surface area contributed by atoms with Crippen LogP contribution in [0.1, 0.15) is 76.6 Å². The van der Waals surface area contributed by atoms with E-state index in [0.29, 0.717) is 17.0 Å². The van der Waals surface area contributed by atoms with Crippen LogP contribution < -0.4 is 5.73 Å². The number of fused-ring (bicyclic) bond motifs is 1. The van der Waals surface area contributed by atoms with Gasteiger partial charge >= 0.3 is 6.09 Å². The summed E-state index contributed by atoms with van der Waals surface area (Å²) < 4.78 is 7.34. The summed E-state index contributed by atoms with van der Waals surface area (Å²) in [7, 11) is 0. The SMILES string of the molecule is CC(C)(C)C1CCC(N2CCC(n3c(COC(N)=O)c(/C=N\O)c4cccnc43)CC2)CC1. The summed E-state index contributed by atoms with van der Waals surface area (Å²) >= 11 is 0. The lowest BCUT2D eigenvalue weighted by molar-refractivity contribution is 0.0711. The second-order valence-electron chi connectivity index (χ2n) is 10.6. The molecule has 2 aliphatic rings. The number of hydrogen-bond acceptors (Lipinski definition) is 6. The summed E-state index contributed by atoms with van der Waals surface area (Å²) in [5.74, 6) is 0.822. The summed E-state index contributed by atoms with van der Waals surface area (Å²) in [6, 6.07) is 4.72. The quantitative estimate of drug-likeness (QED) is 0.387. The number of aromatic nitrogens is 2. The van der Waals surface area contributed by atoms with Gasteiger partial charge in [-0.1, -0.05) is 25.9 Å². The number of piperidine rings is 1. The highest BCUT2D eigenvalue weighted by molar-refractivity contribution is 5.99. The molecule has 33 heavy (non-hydrogen) atoms.